The lowest BCUT2D eigenvalue weighted by molar-refractivity contribution is -0.136. The number of likely N-dealkylation sites (tertiary alicyclic amines) is 2. The molecule has 5 aliphatic rings. The van der Waals surface area contributed by atoms with Crippen molar-refractivity contribution in [1.82, 2.24) is 49.8 Å². The third-order valence-corrected chi connectivity index (χ3v) is 12.8. The van der Waals surface area contributed by atoms with Gasteiger partial charge in [-0.2, -0.15) is 0 Å². The van der Waals surface area contributed by atoms with Crippen LogP contribution >= 0.6 is 0 Å². The second-order valence-corrected chi connectivity index (χ2v) is 16.9. The van der Waals surface area contributed by atoms with Gasteiger partial charge in [0.1, 0.15) is 29.3 Å². The molecule has 4 fully saturated rings. The molecule has 1 unspecified atom stereocenters. The summed E-state index contributed by atoms with van der Waals surface area (Å²) >= 11 is 0. The second kappa shape index (κ2) is 17.0. The Morgan fingerprint density at radius 3 is 2.43 bits per heavy atom. The number of nitrogens with one attached hydrogen (secondary N) is 3. The number of piperidine rings is 3. The van der Waals surface area contributed by atoms with Gasteiger partial charge in [0, 0.05) is 50.4 Å². The minimum atomic E-state index is -1.05. The summed E-state index contributed by atoms with van der Waals surface area (Å²) in [5.74, 6) is -0.562. The number of hydrogen-bond donors (Lipinski definition) is 3. The molecule has 18 heteroatoms. The van der Waals surface area contributed by atoms with Crippen LogP contribution in [0.5, 0.6) is 5.75 Å². The van der Waals surface area contributed by atoms with Crippen molar-refractivity contribution in [3.8, 4) is 5.75 Å². The number of hydrogen-bond acceptors (Lipinski definition) is 13. The highest BCUT2D eigenvalue weighted by atomic mass is 16.5. The number of aromatic nitrogens is 5. The second-order valence-electron chi connectivity index (χ2n) is 16.9. The molecule has 3 saturated heterocycles. The molecule has 4 aromatic rings. The van der Waals surface area contributed by atoms with Gasteiger partial charge in [-0.15, -0.1) is 0 Å². The highest BCUT2D eigenvalue weighted by molar-refractivity contribution is 6.23. The van der Waals surface area contributed by atoms with E-state index in [1.54, 1.807) is 18.5 Å². The first-order valence-electron chi connectivity index (χ1n) is 21.2. The number of pyridine rings is 1. The number of carbonyl (C=O) groups excluding carboxylic acids is 6. The zero-order valence-electron chi connectivity index (χ0n) is 34.0. The van der Waals surface area contributed by atoms with Crippen molar-refractivity contribution >= 4 is 52.4 Å². The molecule has 61 heavy (non-hydrogen) atoms. The van der Waals surface area contributed by atoms with Crippen molar-refractivity contribution in [1.29, 1.82) is 0 Å². The zero-order chi connectivity index (χ0) is 42.2. The molecule has 1 aromatic carbocycles. The molecule has 318 valence electrons. The van der Waals surface area contributed by atoms with E-state index in [-0.39, 0.29) is 60.2 Å². The number of aryl methyl sites for hydroxylation is 1. The summed E-state index contributed by atoms with van der Waals surface area (Å²) in [4.78, 5) is 99.2. The van der Waals surface area contributed by atoms with Gasteiger partial charge in [-0.05, 0) is 107 Å². The van der Waals surface area contributed by atoms with E-state index < -0.39 is 29.7 Å². The standard InChI is InChI=1S/C43H49N11O7/c1-25-3-2-4-33(48-25)40(57)49-28-17-29(18-28)53-24-47-37-38(45-23-46-39(37)53)44-20-26-9-13-51(14-10-26)21-27-11-15-52(16-12-27)36(56)22-61-30-5-6-31-32(19-30)43(60)54(42(31)59)34-7-8-35(55)50-41(34)58/h2-6,19,23-24,26-29,34H,7-18,20-22H2,1H3,(H,49,57)(H,44,45,46)(H,50,55,58). The molecular formula is C43H49N11O7. The van der Waals surface area contributed by atoms with Gasteiger partial charge in [0.25, 0.3) is 23.6 Å². The first kappa shape index (κ1) is 40.1. The molecule has 0 bridgehead atoms. The molecule has 3 N–H and O–H groups in total. The minimum absolute atomic E-state index is 0.0436. The van der Waals surface area contributed by atoms with Crippen molar-refractivity contribution in [2.24, 2.45) is 11.8 Å². The first-order chi connectivity index (χ1) is 29.6. The van der Waals surface area contributed by atoms with E-state index in [0.717, 1.165) is 92.3 Å². The van der Waals surface area contributed by atoms with Gasteiger partial charge in [-0.25, -0.2) is 19.9 Å². The quantitative estimate of drug-likeness (QED) is 0.175. The van der Waals surface area contributed by atoms with Gasteiger partial charge in [-0.3, -0.25) is 39.0 Å². The number of anilines is 1. The molecule has 1 aliphatic carbocycles. The predicted molar refractivity (Wildman–Crippen MR) is 219 cm³/mol. The van der Waals surface area contributed by atoms with E-state index >= 15 is 0 Å². The summed E-state index contributed by atoms with van der Waals surface area (Å²) < 4.78 is 7.88. The van der Waals surface area contributed by atoms with E-state index in [1.807, 2.05) is 30.3 Å². The Morgan fingerprint density at radius 2 is 1.66 bits per heavy atom. The molecule has 7 heterocycles. The maximum absolute atomic E-state index is 13.2. The van der Waals surface area contributed by atoms with Crippen molar-refractivity contribution in [2.45, 2.75) is 76.4 Å². The lowest BCUT2D eigenvalue weighted by atomic mass is 9.86. The van der Waals surface area contributed by atoms with Gasteiger partial charge in [0.15, 0.2) is 18.1 Å². The van der Waals surface area contributed by atoms with Crippen LogP contribution in [0.2, 0.25) is 0 Å². The molecule has 1 saturated carbocycles. The monoisotopic (exact) mass is 831 g/mol. The molecule has 3 aromatic heterocycles. The minimum Gasteiger partial charge on any atom is -0.484 e. The molecular weight excluding hydrogens is 783 g/mol. The Labute approximate surface area is 351 Å². The van der Waals surface area contributed by atoms with E-state index in [9.17, 15) is 28.8 Å². The number of amides is 6. The number of imide groups is 2. The van der Waals surface area contributed by atoms with Crippen molar-refractivity contribution in [3.05, 3.63) is 71.6 Å². The van der Waals surface area contributed by atoms with Gasteiger partial charge in [-0.1, -0.05) is 6.07 Å². The highest BCUT2D eigenvalue weighted by Gasteiger charge is 2.45. The maximum atomic E-state index is 13.2. The Bertz CT molecular complexity index is 2380. The number of benzene rings is 1. The average Bonchev–Trinajstić information content (AvgIpc) is 3.78. The van der Waals surface area contributed by atoms with Crippen LogP contribution in [-0.2, 0) is 14.4 Å². The third kappa shape index (κ3) is 8.40. The molecule has 9 rings (SSSR count). The SMILES string of the molecule is Cc1cccc(C(=O)NC2CC(n3cnc4c(NCC5CCN(CC6CCN(C(=O)COc7ccc8c(c7)C(=O)N(C7CCC(=O)NC7=O)C8=O)CC6)CC5)ncnc43)C2)n1. The topological polar surface area (TPSA) is 214 Å². The van der Waals surface area contributed by atoms with Crippen LogP contribution in [0.3, 0.4) is 0 Å². The van der Waals surface area contributed by atoms with E-state index in [0.29, 0.717) is 30.6 Å². The lowest BCUT2D eigenvalue weighted by Gasteiger charge is -2.37. The third-order valence-electron chi connectivity index (χ3n) is 12.8. The fourth-order valence-corrected chi connectivity index (χ4v) is 9.23. The Hall–Kier alpha value is -6.30. The van der Waals surface area contributed by atoms with Crippen molar-refractivity contribution in [3.63, 3.8) is 0 Å². The van der Waals surface area contributed by atoms with Gasteiger partial charge in [0.05, 0.1) is 17.5 Å². The first-order valence-corrected chi connectivity index (χ1v) is 21.2. The van der Waals surface area contributed by atoms with Crippen LogP contribution in [0.4, 0.5) is 5.82 Å². The molecule has 1 atom stereocenters. The summed E-state index contributed by atoms with van der Waals surface area (Å²) in [5, 5.41) is 8.84. The summed E-state index contributed by atoms with van der Waals surface area (Å²) in [5.41, 5.74) is 3.06. The molecule has 4 aliphatic heterocycles. The van der Waals surface area contributed by atoms with Crippen LogP contribution in [0, 0.1) is 18.8 Å². The molecule has 0 spiro atoms. The van der Waals surface area contributed by atoms with Crippen molar-refractivity contribution < 1.29 is 33.5 Å². The number of nitrogens with zero attached hydrogens (tertiary/aromatic N) is 8. The lowest BCUT2D eigenvalue weighted by Crippen LogP contribution is -2.54. The van der Waals surface area contributed by atoms with Crippen LogP contribution in [0.25, 0.3) is 11.2 Å². The van der Waals surface area contributed by atoms with Crippen LogP contribution < -0.4 is 20.7 Å². The fraction of sp³-hybridized carbons (Fsp3) is 0.488. The van der Waals surface area contributed by atoms with E-state index in [4.69, 9.17) is 4.74 Å². The van der Waals surface area contributed by atoms with Gasteiger partial charge in [0.2, 0.25) is 11.8 Å². The number of rotatable bonds is 12. The number of fused-ring (bicyclic) bond motifs is 2. The molecule has 18 nitrogen and oxygen atoms in total. The summed E-state index contributed by atoms with van der Waals surface area (Å²) in [7, 11) is 0. The fourth-order valence-electron chi connectivity index (χ4n) is 9.23. The highest BCUT2D eigenvalue weighted by Crippen LogP contribution is 2.35. The number of ether oxygens (including phenoxy) is 1. The van der Waals surface area contributed by atoms with E-state index in [2.05, 4.69) is 45.4 Å². The van der Waals surface area contributed by atoms with Gasteiger partial charge >= 0.3 is 0 Å². The van der Waals surface area contributed by atoms with Crippen molar-refractivity contribution in [2.75, 3.05) is 51.2 Å². The van der Waals surface area contributed by atoms with Crippen LogP contribution in [-0.4, -0.2) is 133 Å². The summed E-state index contributed by atoms with van der Waals surface area (Å²) in [6, 6.07) is 9.12. The van der Waals surface area contributed by atoms with Crippen LogP contribution in [0.1, 0.15) is 94.3 Å². The summed E-state index contributed by atoms with van der Waals surface area (Å²) in [6.45, 7) is 6.84. The predicted octanol–water partition coefficient (Wildman–Crippen LogP) is 2.51. The van der Waals surface area contributed by atoms with Crippen LogP contribution in [0.15, 0.2) is 49.1 Å². The molecule has 0 radical (unpaired) electrons. The Morgan fingerprint density at radius 1 is 0.885 bits per heavy atom. The number of imidazole rings is 1. The Balaban J connectivity index is 0.681. The van der Waals surface area contributed by atoms with E-state index in [1.165, 1.54) is 12.1 Å². The zero-order valence-corrected chi connectivity index (χ0v) is 34.0. The molecule has 6 amide bonds. The normalized spacial score (nSPS) is 22.5. The smallest absolute Gasteiger partial charge is 0.270 e. The average molecular weight is 832 g/mol. The number of carbonyl (C=O) groups is 6. The summed E-state index contributed by atoms with van der Waals surface area (Å²) in [6.07, 6.45) is 9.11. The maximum Gasteiger partial charge on any atom is 0.270 e. The largest absolute Gasteiger partial charge is 0.484 e. The van der Waals surface area contributed by atoms with Gasteiger partial charge < -0.3 is 29.7 Å². The Kier molecular flexibility index (Phi) is 11.2.